The summed E-state index contributed by atoms with van der Waals surface area (Å²) in [6.07, 6.45) is 0. The van der Waals surface area contributed by atoms with E-state index in [2.05, 4.69) is 21.2 Å². The summed E-state index contributed by atoms with van der Waals surface area (Å²) in [7, 11) is 0. The monoisotopic (exact) mass is 351 g/mol. The fourth-order valence-electron chi connectivity index (χ4n) is 1.62. The zero-order valence-electron chi connectivity index (χ0n) is 10.5. The molecule has 0 aliphatic heterocycles. The molecule has 6 nitrogen and oxygen atoms in total. The maximum Gasteiger partial charge on any atom is 0.335 e. The lowest BCUT2D eigenvalue weighted by molar-refractivity contribution is 0.0696. The SMILES string of the molecule is O=C(O)c1ccc(O)c(NC(=O)c2ccc(Br)c(O)c2)c1. The Morgan fingerprint density at radius 1 is 0.952 bits per heavy atom. The van der Waals surface area contributed by atoms with Crippen LogP contribution in [0, 0.1) is 0 Å². The second-order valence-electron chi connectivity index (χ2n) is 4.16. The molecule has 4 N–H and O–H groups in total. The van der Waals surface area contributed by atoms with Gasteiger partial charge in [0, 0.05) is 5.56 Å². The zero-order valence-corrected chi connectivity index (χ0v) is 12.1. The van der Waals surface area contributed by atoms with Gasteiger partial charge in [-0.1, -0.05) is 0 Å². The fraction of sp³-hybridized carbons (Fsp3) is 0. The number of hydrogen-bond donors (Lipinski definition) is 4. The van der Waals surface area contributed by atoms with E-state index >= 15 is 0 Å². The van der Waals surface area contributed by atoms with Crippen LogP contribution >= 0.6 is 15.9 Å². The standard InChI is InChI=1S/C14H10BrNO5/c15-9-3-1-7(6-12(9)18)13(19)16-10-5-8(14(20)21)2-4-11(10)17/h1-6,17-18H,(H,16,19)(H,20,21). The number of phenols is 2. The molecule has 0 fully saturated rings. The van der Waals surface area contributed by atoms with E-state index in [-0.39, 0.29) is 28.3 Å². The summed E-state index contributed by atoms with van der Waals surface area (Å²) in [6, 6.07) is 7.76. The van der Waals surface area contributed by atoms with E-state index in [1.165, 1.54) is 30.3 Å². The molecule has 0 aliphatic carbocycles. The third-order valence-corrected chi connectivity index (χ3v) is 3.37. The Morgan fingerprint density at radius 2 is 1.62 bits per heavy atom. The Kier molecular flexibility index (Phi) is 4.13. The van der Waals surface area contributed by atoms with E-state index in [1.54, 1.807) is 0 Å². The third kappa shape index (κ3) is 3.32. The largest absolute Gasteiger partial charge is 0.507 e. The van der Waals surface area contributed by atoms with E-state index in [0.717, 1.165) is 6.07 Å². The van der Waals surface area contributed by atoms with Crippen molar-refractivity contribution in [2.24, 2.45) is 0 Å². The Bertz CT molecular complexity index is 729. The van der Waals surface area contributed by atoms with Crippen molar-refractivity contribution < 1.29 is 24.9 Å². The van der Waals surface area contributed by atoms with Crippen LogP contribution in [0.25, 0.3) is 0 Å². The van der Waals surface area contributed by atoms with Gasteiger partial charge in [0.25, 0.3) is 5.91 Å². The molecule has 2 rings (SSSR count). The number of carbonyl (C=O) groups is 2. The highest BCUT2D eigenvalue weighted by atomic mass is 79.9. The number of carboxylic acid groups (broad SMARTS) is 1. The first-order chi connectivity index (χ1) is 9.88. The quantitative estimate of drug-likeness (QED) is 0.636. The lowest BCUT2D eigenvalue weighted by Gasteiger charge is -2.09. The number of aromatic carboxylic acids is 1. The van der Waals surface area contributed by atoms with E-state index in [1.807, 2.05) is 0 Å². The number of rotatable bonds is 3. The highest BCUT2D eigenvalue weighted by Crippen LogP contribution is 2.27. The van der Waals surface area contributed by atoms with Crippen molar-refractivity contribution >= 4 is 33.5 Å². The maximum atomic E-state index is 12.0. The van der Waals surface area contributed by atoms with Crippen LogP contribution in [0.15, 0.2) is 40.9 Å². The molecule has 2 aromatic carbocycles. The van der Waals surface area contributed by atoms with Gasteiger partial charge in [0.2, 0.25) is 0 Å². The van der Waals surface area contributed by atoms with Gasteiger partial charge in [-0.3, -0.25) is 4.79 Å². The van der Waals surface area contributed by atoms with Crippen LogP contribution in [-0.2, 0) is 0 Å². The number of nitrogens with one attached hydrogen (secondary N) is 1. The average molecular weight is 352 g/mol. The molecular formula is C14H10BrNO5. The van der Waals surface area contributed by atoms with Gasteiger partial charge >= 0.3 is 5.97 Å². The van der Waals surface area contributed by atoms with Gasteiger partial charge in [0.15, 0.2) is 0 Å². The average Bonchev–Trinajstić information content (AvgIpc) is 2.43. The van der Waals surface area contributed by atoms with Crippen molar-refractivity contribution in [1.82, 2.24) is 0 Å². The van der Waals surface area contributed by atoms with Crippen LogP contribution in [0.4, 0.5) is 5.69 Å². The zero-order chi connectivity index (χ0) is 15.6. The second kappa shape index (κ2) is 5.84. The number of carboxylic acids is 1. The van der Waals surface area contributed by atoms with E-state index in [4.69, 9.17) is 5.11 Å². The summed E-state index contributed by atoms with van der Waals surface area (Å²) >= 11 is 3.10. The van der Waals surface area contributed by atoms with Gasteiger partial charge in [-0.15, -0.1) is 0 Å². The molecule has 0 atom stereocenters. The summed E-state index contributed by atoms with van der Waals surface area (Å²) < 4.78 is 0.440. The van der Waals surface area contributed by atoms with Crippen molar-refractivity contribution in [3.8, 4) is 11.5 Å². The van der Waals surface area contributed by atoms with E-state index in [0.29, 0.717) is 4.47 Å². The molecule has 0 bridgehead atoms. The number of carbonyl (C=O) groups excluding carboxylic acids is 1. The van der Waals surface area contributed by atoms with Gasteiger partial charge in [0.1, 0.15) is 11.5 Å². The van der Waals surface area contributed by atoms with Gasteiger partial charge in [-0.25, -0.2) is 4.79 Å². The number of phenolic OH excluding ortho intramolecular Hbond substituents is 2. The number of benzene rings is 2. The third-order valence-electron chi connectivity index (χ3n) is 2.70. The number of hydrogen-bond acceptors (Lipinski definition) is 4. The molecule has 0 saturated carbocycles. The Morgan fingerprint density at radius 3 is 2.24 bits per heavy atom. The van der Waals surface area contributed by atoms with Gasteiger partial charge in [0.05, 0.1) is 15.7 Å². The molecule has 108 valence electrons. The summed E-state index contributed by atoms with van der Waals surface area (Å²) in [5, 5.41) is 30.5. The summed E-state index contributed by atoms with van der Waals surface area (Å²) in [5.41, 5.74) is 0.0693. The van der Waals surface area contributed by atoms with Crippen LogP contribution < -0.4 is 5.32 Å². The van der Waals surface area contributed by atoms with Crippen LogP contribution in [0.5, 0.6) is 11.5 Å². The summed E-state index contributed by atoms with van der Waals surface area (Å²) in [6.45, 7) is 0. The molecule has 0 unspecified atom stereocenters. The van der Waals surface area contributed by atoms with Gasteiger partial charge in [-0.05, 0) is 52.3 Å². The smallest absolute Gasteiger partial charge is 0.335 e. The first-order valence-electron chi connectivity index (χ1n) is 5.74. The molecule has 0 aromatic heterocycles. The Balaban J connectivity index is 2.28. The highest BCUT2D eigenvalue weighted by Gasteiger charge is 2.13. The molecule has 0 spiro atoms. The van der Waals surface area contributed by atoms with E-state index in [9.17, 15) is 19.8 Å². The molecule has 7 heteroatoms. The number of amides is 1. The molecule has 1 amide bonds. The first-order valence-corrected chi connectivity index (χ1v) is 6.54. The molecule has 0 radical (unpaired) electrons. The fourth-order valence-corrected chi connectivity index (χ4v) is 1.86. The number of halogens is 1. The Hall–Kier alpha value is -2.54. The van der Waals surface area contributed by atoms with Crippen LogP contribution in [-0.4, -0.2) is 27.2 Å². The van der Waals surface area contributed by atoms with Crippen molar-refractivity contribution in [3.63, 3.8) is 0 Å². The summed E-state index contributed by atoms with van der Waals surface area (Å²) in [5.74, 6) is -2.12. The first kappa shape index (κ1) is 14.9. The van der Waals surface area contributed by atoms with Crippen LogP contribution in [0.2, 0.25) is 0 Å². The highest BCUT2D eigenvalue weighted by molar-refractivity contribution is 9.10. The molecule has 2 aromatic rings. The predicted octanol–water partition coefficient (Wildman–Crippen LogP) is 2.81. The van der Waals surface area contributed by atoms with E-state index < -0.39 is 11.9 Å². The van der Waals surface area contributed by atoms with Gasteiger partial charge < -0.3 is 20.6 Å². The lowest BCUT2D eigenvalue weighted by Crippen LogP contribution is -2.12. The van der Waals surface area contributed by atoms with Gasteiger partial charge in [-0.2, -0.15) is 0 Å². The molecular weight excluding hydrogens is 342 g/mol. The maximum absolute atomic E-state index is 12.0. The second-order valence-corrected chi connectivity index (χ2v) is 5.01. The number of aromatic hydroxyl groups is 2. The normalized spacial score (nSPS) is 10.1. The predicted molar refractivity (Wildman–Crippen MR) is 78.8 cm³/mol. The van der Waals surface area contributed by atoms with Crippen molar-refractivity contribution in [2.75, 3.05) is 5.32 Å². The topological polar surface area (TPSA) is 107 Å². The number of anilines is 1. The van der Waals surface area contributed by atoms with Crippen LogP contribution in [0.1, 0.15) is 20.7 Å². The summed E-state index contributed by atoms with van der Waals surface area (Å²) in [4.78, 5) is 22.9. The van der Waals surface area contributed by atoms with Crippen molar-refractivity contribution in [1.29, 1.82) is 0 Å². The lowest BCUT2D eigenvalue weighted by atomic mass is 10.1. The molecule has 0 saturated heterocycles. The Labute approximate surface area is 127 Å². The molecule has 21 heavy (non-hydrogen) atoms. The minimum atomic E-state index is -1.17. The molecule has 0 heterocycles. The minimum absolute atomic E-state index is 0.0256. The van der Waals surface area contributed by atoms with Crippen molar-refractivity contribution in [3.05, 3.63) is 52.0 Å². The molecule has 0 aliphatic rings. The van der Waals surface area contributed by atoms with Crippen LogP contribution in [0.3, 0.4) is 0 Å². The van der Waals surface area contributed by atoms with Crippen molar-refractivity contribution in [2.45, 2.75) is 0 Å². The minimum Gasteiger partial charge on any atom is -0.507 e.